The first-order chi connectivity index (χ1) is 10.6. The summed E-state index contributed by atoms with van der Waals surface area (Å²) < 4.78 is 9.58. The number of nitrogens with zero attached hydrogens (tertiary/aromatic N) is 2. The van der Waals surface area contributed by atoms with Gasteiger partial charge in [0.15, 0.2) is 0 Å². The lowest BCUT2D eigenvalue weighted by Crippen LogP contribution is -2.27. The molecule has 0 radical (unpaired) electrons. The third-order valence-electron chi connectivity index (χ3n) is 2.96. The Morgan fingerprint density at radius 1 is 1.36 bits per heavy atom. The van der Waals surface area contributed by atoms with Crippen LogP contribution in [0, 0.1) is 4.91 Å². The molecule has 1 aliphatic heterocycles. The quantitative estimate of drug-likeness (QED) is 0.371. The summed E-state index contributed by atoms with van der Waals surface area (Å²) in [5.74, 6) is -1.68. The number of amides is 1. The molecule has 1 aromatic rings. The Kier molecular flexibility index (Phi) is 5.07. The van der Waals surface area contributed by atoms with Crippen molar-refractivity contribution >= 4 is 12.1 Å². The Balaban J connectivity index is 1.99. The fourth-order valence-electron chi connectivity index (χ4n) is 1.82. The van der Waals surface area contributed by atoms with Gasteiger partial charge >= 0.3 is 12.1 Å². The van der Waals surface area contributed by atoms with E-state index in [-0.39, 0.29) is 26.3 Å². The first-order valence-corrected chi connectivity index (χ1v) is 6.50. The largest absolute Gasteiger partial charge is 0.508 e. The summed E-state index contributed by atoms with van der Waals surface area (Å²) in [6, 6.07) is 8.84. The molecule has 0 aliphatic carbocycles. The number of ether oxygens (including phenoxy) is 2. The summed E-state index contributed by atoms with van der Waals surface area (Å²) in [6.45, 7) is 0.0561. The van der Waals surface area contributed by atoms with Crippen molar-refractivity contribution in [2.75, 3.05) is 19.7 Å². The standard InChI is InChI=1S/C14H14N2O6/c17-11(8-16-6-7-21-14(16)19)12(15-20)13(18)22-9-10-4-2-1-3-5-10/h1-5,17H,6-9H2/b12-11+. The maximum Gasteiger partial charge on any atom is 0.410 e. The van der Waals surface area contributed by atoms with E-state index in [1.54, 1.807) is 24.3 Å². The van der Waals surface area contributed by atoms with E-state index < -0.39 is 23.5 Å². The molecule has 0 saturated carbocycles. The number of aliphatic hydroxyl groups is 1. The minimum absolute atomic E-state index is 0.0578. The molecule has 1 amide bonds. The van der Waals surface area contributed by atoms with Crippen molar-refractivity contribution in [3.8, 4) is 0 Å². The van der Waals surface area contributed by atoms with Crippen molar-refractivity contribution in [2.45, 2.75) is 6.61 Å². The van der Waals surface area contributed by atoms with E-state index in [0.29, 0.717) is 0 Å². The fraction of sp³-hybridized carbons (Fsp3) is 0.286. The molecule has 22 heavy (non-hydrogen) atoms. The second-order valence-electron chi connectivity index (χ2n) is 4.48. The van der Waals surface area contributed by atoms with Crippen LogP contribution in [0.4, 0.5) is 4.79 Å². The molecule has 1 N–H and O–H groups in total. The van der Waals surface area contributed by atoms with Gasteiger partial charge in [0.05, 0.1) is 13.1 Å². The fourth-order valence-corrected chi connectivity index (χ4v) is 1.82. The monoisotopic (exact) mass is 306 g/mol. The summed E-state index contributed by atoms with van der Waals surface area (Å²) in [7, 11) is 0. The van der Waals surface area contributed by atoms with Crippen molar-refractivity contribution in [1.29, 1.82) is 0 Å². The predicted octanol–water partition coefficient (Wildman–Crippen LogP) is 1.72. The summed E-state index contributed by atoms with van der Waals surface area (Å²) in [5, 5.41) is 12.3. The Bertz CT molecular complexity index is 599. The van der Waals surface area contributed by atoms with E-state index in [4.69, 9.17) is 4.74 Å². The van der Waals surface area contributed by atoms with Gasteiger partial charge in [-0.15, -0.1) is 4.91 Å². The molecule has 1 heterocycles. The predicted molar refractivity (Wildman–Crippen MR) is 74.6 cm³/mol. The smallest absolute Gasteiger partial charge is 0.410 e. The van der Waals surface area contributed by atoms with Crippen molar-refractivity contribution < 1.29 is 24.2 Å². The highest BCUT2D eigenvalue weighted by Crippen LogP contribution is 2.12. The molecule has 2 rings (SSSR count). The van der Waals surface area contributed by atoms with Crippen molar-refractivity contribution in [3.05, 3.63) is 52.3 Å². The molecule has 8 nitrogen and oxygen atoms in total. The molecular formula is C14H14N2O6. The normalized spacial score (nSPS) is 15.1. The summed E-state index contributed by atoms with van der Waals surface area (Å²) in [6.07, 6.45) is -0.630. The summed E-state index contributed by atoms with van der Waals surface area (Å²) in [4.78, 5) is 34.9. The Hall–Kier alpha value is -2.90. The summed E-state index contributed by atoms with van der Waals surface area (Å²) >= 11 is 0. The molecule has 0 atom stereocenters. The molecule has 1 saturated heterocycles. The molecular weight excluding hydrogens is 292 g/mol. The number of carbonyl (C=O) groups excluding carboxylic acids is 2. The number of rotatable bonds is 6. The van der Waals surface area contributed by atoms with Gasteiger partial charge in [0.2, 0.25) is 5.70 Å². The van der Waals surface area contributed by atoms with Crippen LogP contribution in [-0.4, -0.2) is 41.8 Å². The third kappa shape index (κ3) is 3.81. The highest BCUT2D eigenvalue weighted by molar-refractivity contribution is 5.88. The van der Waals surface area contributed by atoms with Gasteiger partial charge in [0.1, 0.15) is 19.0 Å². The number of hydrogen-bond acceptors (Lipinski definition) is 7. The lowest BCUT2D eigenvalue weighted by Gasteiger charge is -2.12. The first kappa shape index (κ1) is 15.5. The molecule has 1 fully saturated rings. The van der Waals surface area contributed by atoms with E-state index in [1.165, 1.54) is 0 Å². The second kappa shape index (κ2) is 7.21. The van der Waals surface area contributed by atoms with Gasteiger partial charge in [-0.05, 0) is 10.7 Å². The topological polar surface area (TPSA) is 106 Å². The van der Waals surface area contributed by atoms with Gasteiger partial charge in [-0.3, -0.25) is 4.90 Å². The average molecular weight is 306 g/mol. The number of aliphatic hydroxyl groups excluding tert-OH is 1. The molecule has 0 bridgehead atoms. The van der Waals surface area contributed by atoms with Crippen LogP contribution in [0.5, 0.6) is 0 Å². The first-order valence-electron chi connectivity index (χ1n) is 6.50. The lowest BCUT2D eigenvalue weighted by atomic mass is 10.2. The van der Waals surface area contributed by atoms with E-state index >= 15 is 0 Å². The molecule has 1 aliphatic rings. The molecule has 8 heteroatoms. The molecule has 1 aromatic carbocycles. The van der Waals surface area contributed by atoms with Gasteiger partial charge in [0, 0.05) is 0 Å². The van der Waals surface area contributed by atoms with Crippen molar-refractivity contribution in [2.24, 2.45) is 5.18 Å². The van der Waals surface area contributed by atoms with Crippen LogP contribution in [0.1, 0.15) is 5.56 Å². The number of hydrogen-bond donors (Lipinski definition) is 1. The van der Waals surface area contributed by atoms with Crippen molar-refractivity contribution in [1.82, 2.24) is 4.90 Å². The van der Waals surface area contributed by atoms with Crippen LogP contribution in [0.2, 0.25) is 0 Å². The van der Waals surface area contributed by atoms with Crippen LogP contribution in [0.25, 0.3) is 0 Å². The van der Waals surface area contributed by atoms with E-state index in [0.717, 1.165) is 10.5 Å². The Morgan fingerprint density at radius 2 is 2.09 bits per heavy atom. The van der Waals surface area contributed by atoms with Crippen LogP contribution >= 0.6 is 0 Å². The van der Waals surface area contributed by atoms with E-state index in [1.807, 2.05) is 6.07 Å². The number of nitroso groups, excluding NO2 is 1. The molecule has 0 unspecified atom stereocenters. The van der Waals surface area contributed by atoms with Crippen LogP contribution in [-0.2, 0) is 20.9 Å². The van der Waals surface area contributed by atoms with E-state index in [2.05, 4.69) is 9.91 Å². The van der Waals surface area contributed by atoms with E-state index in [9.17, 15) is 19.6 Å². The number of carbonyl (C=O) groups is 2. The second-order valence-corrected chi connectivity index (χ2v) is 4.48. The zero-order chi connectivity index (χ0) is 15.9. The Labute approximate surface area is 125 Å². The van der Waals surface area contributed by atoms with Gasteiger partial charge in [-0.2, -0.15) is 0 Å². The van der Waals surface area contributed by atoms with Gasteiger partial charge in [-0.1, -0.05) is 30.3 Å². The highest BCUT2D eigenvalue weighted by atomic mass is 16.6. The van der Waals surface area contributed by atoms with Gasteiger partial charge in [-0.25, -0.2) is 9.59 Å². The van der Waals surface area contributed by atoms with Gasteiger partial charge < -0.3 is 14.6 Å². The van der Waals surface area contributed by atoms with Crippen molar-refractivity contribution in [3.63, 3.8) is 0 Å². The molecule has 0 aromatic heterocycles. The maximum absolute atomic E-state index is 11.8. The minimum atomic E-state index is -1.05. The zero-order valence-electron chi connectivity index (χ0n) is 11.6. The van der Waals surface area contributed by atoms with Crippen LogP contribution in [0.15, 0.2) is 47.0 Å². The summed E-state index contributed by atoms with van der Waals surface area (Å²) in [5.41, 5.74) is -0.0284. The third-order valence-corrected chi connectivity index (χ3v) is 2.96. The lowest BCUT2D eigenvalue weighted by molar-refractivity contribution is -0.140. The Morgan fingerprint density at radius 3 is 2.68 bits per heavy atom. The zero-order valence-corrected chi connectivity index (χ0v) is 11.6. The molecule has 0 spiro atoms. The van der Waals surface area contributed by atoms with Gasteiger partial charge in [0.25, 0.3) is 0 Å². The number of esters is 1. The number of benzene rings is 1. The highest BCUT2D eigenvalue weighted by Gasteiger charge is 2.26. The number of cyclic esters (lactones) is 1. The SMILES string of the molecule is O=N/C(C(=O)OCc1ccccc1)=C(/O)CN1CCOC1=O. The minimum Gasteiger partial charge on any atom is -0.508 e. The molecule has 116 valence electrons. The van der Waals surface area contributed by atoms with Crippen LogP contribution < -0.4 is 0 Å². The van der Waals surface area contributed by atoms with Crippen LogP contribution in [0.3, 0.4) is 0 Å². The maximum atomic E-state index is 11.8. The average Bonchev–Trinajstić information content (AvgIpc) is 2.92.